The van der Waals surface area contributed by atoms with E-state index >= 15 is 0 Å². The van der Waals surface area contributed by atoms with E-state index in [1.54, 1.807) is 20.8 Å². The van der Waals surface area contributed by atoms with Gasteiger partial charge in [0.2, 0.25) is 0 Å². The van der Waals surface area contributed by atoms with Crippen molar-refractivity contribution in [1.82, 2.24) is 0 Å². The predicted octanol–water partition coefficient (Wildman–Crippen LogP) is 2.53. The Morgan fingerprint density at radius 1 is 1.33 bits per heavy atom. The third kappa shape index (κ3) is 3.34. The Labute approximate surface area is 123 Å². The summed E-state index contributed by atoms with van der Waals surface area (Å²) >= 11 is 0. The van der Waals surface area contributed by atoms with Gasteiger partial charge in [0.25, 0.3) is 0 Å². The Morgan fingerprint density at radius 2 is 1.95 bits per heavy atom. The SMILES string of the molecule is CC(C)(C)OC(=O)N1CCc2cc(S(C)(=O)=O)cc(F)c21. The van der Waals surface area contributed by atoms with Crippen LogP contribution in [0.2, 0.25) is 0 Å². The summed E-state index contributed by atoms with van der Waals surface area (Å²) in [7, 11) is -3.49. The fourth-order valence-electron chi connectivity index (χ4n) is 2.18. The van der Waals surface area contributed by atoms with Gasteiger partial charge in [0.05, 0.1) is 10.6 Å². The maximum atomic E-state index is 14.2. The molecule has 1 amide bonds. The van der Waals surface area contributed by atoms with Gasteiger partial charge in [0, 0.05) is 12.8 Å². The van der Waals surface area contributed by atoms with Crippen LogP contribution >= 0.6 is 0 Å². The molecule has 0 spiro atoms. The fraction of sp³-hybridized carbons (Fsp3) is 0.500. The average molecular weight is 315 g/mol. The Balaban J connectivity index is 2.40. The Hall–Kier alpha value is -1.63. The second-order valence-corrected chi connectivity index (χ2v) is 8.08. The zero-order valence-corrected chi connectivity index (χ0v) is 13.3. The number of carbonyl (C=O) groups excluding carboxylic acids is 1. The van der Waals surface area contributed by atoms with Crippen LogP contribution < -0.4 is 4.90 Å². The molecule has 1 aliphatic heterocycles. The van der Waals surface area contributed by atoms with E-state index in [1.165, 1.54) is 11.0 Å². The molecule has 0 bridgehead atoms. The smallest absolute Gasteiger partial charge is 0.414 e. The number of nitrogens with zero attached hydrogens (tertiary/aromatic N) is 1. The number of amides is 1. The second-order valence-electron chi connectivity index (χ2n) is 6.07. The number of sulfone groups is 1. The number of benzene rings is 1. The topological polar surface area (TPSA) is 63.7 Å². The lowest BCUT2D eigenvalue weighted by Gasteiger charge is -2.25. The molecule has 1 aromatic carbocycles. The number of hydrogen-bond donors (Lipinski definition) is 0. The third-order valence-electron chi connectivity index (χ3n) is 3.03. The largest absolute Gasteiger partial charge is 0.443 e. The van der Waals surface area contributed by atoms with Gasteiger partial charge in [-0.15, -0.1) is 0 Å². The van der Waals surface area contributed by atoms with Gasteiger partial charge in [-0.2, -0.15) is 0 Å². The number of hydrogen-bond acceptors (Lipinski definition) is 4. The summed E-state index contributed by atoms with van der Waals surface area (Å²) in [6, 6.07) is 2.36. The van der Waals surface area contributed by atoms with E-state index in [-0.39, 0.29) is 17.1 Å². The average Bonchev–Trinajstić information content (AvgIpc) is 2.69. The van der Waals surface area contributed by atoms with E-state index < -0.39 is 27.3 Å². The molecule has 0 aliphatic carbocycles. The molecule has 1 heterocycles. The number of anilines is 1. The van der Waals surface area contributed by atoms with Crippen molar-refractivity contribution in [2.75, 3.05) is 17.7 Å². The lowest BCUT2D eigenvalue weighted by atomic mass is 10.1. The first-order valence-electron chi connectivity index (χ1n) is 6.52. The Bertz CT molecular complexity index is 692. The molecule has 5 nitrogen and oxygen atoms in total. The van der Waals surface area contributed by atoms with Crippen LogP contribution in [0.4, 0.5) is 14.9 Å². The van der Waals surface area contributed by atoms with Gasteiger partial charge in [-0.05, 0) is 44.9 Å². The molecule has 116 valence electrons. The van der Waals surface area contributed by atoms with Crippen molar-refractivity contribution in [2.24, 2.45) is 0 Å². The summed E-state index contributed by atoms with van der Waals surface area (Å²) in [5.74, 6) is -0.726. The molecule has 0 fully saturated rings. The van der Waals surface area contributed by atoms with Gasteiger partial charge in [-0.3, -0.25) is 4.90 Å². The predicted molar refractivity (Wildman–Crippen MR) is 76.8 cm³/mol. The molecule has 0 saturated carbocycles. The van der Waals surface area contributed by atoms with Gasteiger partial charge < -0.3 is 4.74 Å². The first-order valence-corrected chi connectivity index (χ1v) is 8.41. The number of rotatable bonds is 1. The monoisotopic (exact) mass is 315 g/mol. The van der Waals surface area contributed by atoms with E-state index in [1.807, 2.05) is 0 Å². The van der Waals surface area contributed by atoms with E-state index in [4.69, 9.17) is 4.74 Å². The molecule has 0 N–H and O–H groups in total. The first kappa shape index (κ1) is 15.8. The normalized spacial score (nSPS) is 15.0. The molecule has 0 unspecified atom stereocenters. The van der Waals surface area contributed by atoms with Crippen LogP contribution in [0.25, 0.3) is 0 Å². The minimum Gasteiger partial charge on any atom is -0.443 e. The van der Waals surface area contributed by atoms with Gasteiger partial charge in [0.1, 0.15) is 11.4 Å². The van der Waals surface area contributed by atoms with Crippen LogP contribution in [-0.2, 0) is 21.0 Å². The van der Waals surface area contributed by atoms with E-state index in [2.05, 4.69) is 0 Å². The first-order chi connectivity index (χ1) is 9.49. The molecule has 0 aromatic heterocycles. The van der Waals surface area contributed by atoms with Crippen LogP contribution in [0, 0.1) is 5.82 Å². The van der Waals surface area contributed by atoms with Crippen molar-refractivity contribution >= 4 is 21.6 Å². The molecule has 1 aromatic rings. The summed E-state index contributed by atoms with van der Waals surface area (Å²) in [5, 5.41) is 0. The maximum absolute atomic E-state index is 14.2. The highest BCUT2D eigenvalue weighted by Crippen LogP contribution is 2.34. The number of halogens is 1. The van der Waals surface area contributed by atoms with Crippen molar-refractivity contribution < 1.29 is 22.3 Å². The van der Waals surface area contributed by atoms with Crippen LogP contribution in [0.3, 0.4) is 0 Å². The standard InChI is InChI=1S/C14H18FNO4S/c1-14(2,3)20-13(17)16-6-5-9-7-10(21(4,18)19)8-11(15)12(9)16/h7-8H,5-6H2,1-4H3. The van der Waals surface area contributed by atoms with Crippen LogP contribution in [0.5, 0.6) is 0 Å². The summed E-state index contributed by atoms with van der Waals surface area (Å²) < 4.78 is 42.5. The van der Waals surface area contributed by atoms with E-state index in [0.29, 0.717) is 12.0 Å². The molecule has 1 aliphatic rings. The summed E-state index contributed by atoms with van der Waals surface area (Å²) in [6.07, 6.45) is 0.788. The van der Waals surface area contributed by atoms with E-state index in [9.17, 15) is 17.6 Å². The minimum atomic E-state index is -3.49. The van der Waals surface area contributed by atoms with Crippen LogP contribution in [0.15, 0.2) is 17.0 Å². The molecule has 0 atom stereocenters. The van der Waals surface area contributed by atoms with Crippen molar-refractivity contribution in [3.8, 4) is 0 Å². The molecule has 7 heteroatoms. The number of fused-ring (bicyclic) bond motifs is 1. The highest BCUT2D eigenvalue weighted by molar-refractivity contribution is 7.90. The van der Waals surface area contributed by atoms with Gasteiger partial charge >= 0.3 is 6.09 Å². The summed E-state index contributed by atoms with van der Waals surface area (Å²) in [4.78, 5) is 13.2. The zero-order valence-electron chi connectivity index (χ0n) is 12.4. The lowest BCUT2D eigenvalue weighted by molar-refractivity contribution is 0.0583. The Morgan fingerprint density at radius 3 is 2.48 bits per heavy atom. The van der Waals surface area contributed by atoms with Crippen molar-refractivity contribution in [1.29, 1.82) is 0 Å². The molecular weight excluding hydrogens is 297 g/mol. The molecule has 21 heavy (non-hydrogen) atoms. The highest BCUT2D eigenvalue weighted by Gasteiger charge is 2.32. The van der Waals surface area contributed by atoms with Gasteiger partial charge in [-0.1, -0.05) is 0 Å². The summed E-state index contributed by atoms with van der Waals surface area (Å²) in [6.45, 7) is 5.45. The number of carbonyl (C=O) groups is 1. The zero-order chi connectivity index (χ0) is 16.0. The third-order valence-corrected chi connectivity index (χ3v) is 4.12. The van der Waals surface area contributed by atoms with Gasteiger partial charge in [-0.25, -0.2) is 17.6 Å². The molecule has 2 rings (SSSR count). The second kappa shape index (κ2) is 4.98. The molecule has 0 radical (unpaired) electrons. The van der Waals surface area contributed by atoms with Crippen LogP contribution in [-0.4, -0.2) is 32.9 Å². The molecular formula is C14H18FNO4S. The Kier molecular flexibility index (Phi) is 3.73. The quantitative estimate of drug-likeness (QED) is 0.799. The molecule has 0 saturated heterocycles. The lowest BCUT2D eigenvalue weighted by Crippen LogP contribution is -2.36. The fourth-order valence-corrected chi connectivity index (χ4v) is 2.85. The van der Waals surface area contributed by atoms with Crippen molar-refractivity contribution in [3.05, 3.63) is 23.5 Å². The van der Waals surface area contributed by atoms with Crippen LogP contribution in [0.1, 0.15) is 26.3 Å². The van der Waals surface area contributed by atoms with Crippen molar-refractivity contribution in [3.63, 3.8) is 0 Å². The summed E-state index contributed by atoms with van der Waals surface area (Å²) in [5.41, 5.74) is -0.0684. The van der Waals surface area contributed by atoms with E-state index in [0.717, 1.165) is 12.3 Å². The maximum Gasteiger partial charge on any atom is 0.414 e. The van der Waals surface area contributed by atoms with Gasteiger partial charge in [0.15, 0.2) is 9.84 Å². The highest BCUT2D eigenvalue weighted by atomic mass is 32.2. The minimum absolute atomic E-state index is 0.0789. The van der Waals surface area contributed by atoms with Crippen molar-refractivity contribution in [2.45, 2.75) is 37.7 Å². The number of ether oxygens (including phenoxy) is 1.